The van der Waals surface area contributed by atoms with Gasteiger partial charge in [-0.25, -0.2) is 4.79 Å². The molecule has 0 aromatic carbocycles. The number of carbonyl (C=O) groups excluding carboxylic acids is 1. The lowest BCUT2D eigenvalue weighted by atomic mass is 10.1. The van der Waals surface area contributed by atoms with Gasteiger partial charge in [-0.15, -0.1) is 0 Å². The van der Waals surface area contributed by atoms with Gasteiger partial charge in [0.05, 0.1) is 12.1 Å². The van der Waals surface area contributed by atoms with Crippen molar-refractivity contribution >= 4 is 17.4 Å². The van der Waals surface area contributed by atoms with Crippen LogP contribution in [0.15, 0.2) is 41.4 Å². The van der Waals surface area contributed by atoms with Crippen molar-refractivity contribution in [2.75, 3.05) is 27.2 Å². The van der Waals surface area contributed by atoms with Crippen molar-refractivity contribution < 1.29 is 4.79 Å². The second-order valence-corrected chi connectivity index (χ2v) is 7.13. The van der Waals surface area contributed by atoms with E-state index in [9.17, 15) is 4.79 Å². The zero-order valence-corrected chi connectivity index (χ0v) is 15.0. The summed E-state index contributed by atoms with van der Waals surface area (Å²) < 4.78 is 0. The Morgan fingerprint density at radius 3 is 2.88 bits per heavy atom. The Bertz CT molecular complexity index is 644. The molecule has 3 rings (SSSR count). The van der Waals surface area contributed by atoms with Crippen LogP contribution in [0.4, 0.5) is 4.79 Å². The third-order valence-electron chi connectivity index (χ3n) is 4.60. The van der Waals surface area contributed by atoms with Gasteiger partial charge in [-0.05, 0) is 67.0 Å². The molecular weight excluding hydrogens is 320 g/mol. The average molecular weight is 344 g/mol. The summed E-state index contributed by atoms with van der Waals surface area (Å²) in [6, 6.07) is 6.51. The highest BCUT2D eigenvalue weighted by molar-refractivity contribution is 7.07. The summed E-state index contributed by atoms with van der Waals surface area (Å²) >= 11 is 1.69. The molecule has 1 aliphatic heterocycles. The number of likely N-dealkylation sites (N-methyl/N-ethyl adjacent to an activating group) is 1. The molecule has 1 N–H and O–H groups in total. The van der Waals surface area contributed by atoms with E-state index in [1.807, 2.05) is 31.1 Å². The smallest absolute Gasteiger partial charge is 0.317 e. The standard InChI is InChI=1S/C18H24N4OS/c1-21(2)17(15-7-11-24-13-15)12-20-18(23)22-10-3-4-16(22)14-5-8-19-9-6-14/h5-9,11,13,16-17H,3-4,10,12H2,1-2H3,(H,20,23)/t16-,17-/m0/s1. The number of rotatable bonds is 5. The molecule has 2 atom stereocenters. The molecule has 0 aliphatic carbocycles. The molecule has 0 bridgehead atoms. The Balaban J connectivity index is 1.64. The van der Waals surface area contributed by atoms with Crippen molar-refractivity contribution in [1.29, 1.82) is 0 Å². The molecule has 0 unspecified atom stereocenters. The maximum Gasteiger partial charge on any atom is 0.317 e. The molecule has 128 valence electrons. The number of hydrogen-bond donors (Lipinski definition) is 1. The number of carbonyl (C=O) groups is 1. The maximum atomic E-state index is 12.7. The topological polar surface area (TPSA) is 48.5 Å². The number of nitrogens with one attached hydrogen (secondary N) is 1. The molecule has 24 heavy (non-hydrogen) atoms. The van der Waals surface area contributed by atoms with E-state index in [2.05, 4.69) is 32.0 Å². The molecule has 5 nitrogen and oxygen atoms in total. The molecule has 3 heterocycles. The zero-order chi connectivity index (χ0) is 16.9. The molecule has 2 aromatic heterocycles. The minimum absolute atomic E-state index is 0.0244. The fourth-order valence-corrected chi connectivity index (χ4v) is 4.00. The molecule has 2 amide bonds. The number of hydrogen-bond acceptors (Lipinski definition) is 4. The Kier molecular flexibility index (Phi) is 5.48. The number of pyridine rings is 1. The first-order chi connectivity index (χ1) is 11.7. The number of aromatic nitrogens is 1. The lowest BCUT2D eigenvalue weighted by Crippen LogP contribution is -2.42. The largest absolute Gasteiger partial charge is 0.336 e. The van der Waals surface area contributed by atoms with Crippen LogP contribution in [0.1, 0.15) is 36.1 Å². The second-order valence-electron chi connectivity index (χ2n) is 6.35. The number of likely N-dealkylation sites (tertiary alicyclic amines) is 1. The second kappa shape index (κ2) is 7.77. The third kappa shape index (κ3) is 3.76. The van der Waals surface area contributed by atoms with Gasteiger partial charge >= 0.3 is 6.03 Å². The minimum Gasteiger partial charge on any atom is -0.336 e. The van der Waals surface area contributed by atoms with E-state index in [0.717, 1.165) is 19.4 Å². The van der Waals surface area contributed by atoms with Crippen LogP contribution < -0.4 is 5.32 Å². The van der Waals surface area contributed by atoms with Crippen LogP contribution in [-0.4, -0.2) is 48.0 Å². The molecule has 1 saturated heterocycles. The Morgan fingerprint density at radius 1 is 1.42 bits per heavy atom. The molecular formula is C18H24N4OS. The van der Waals surface area contributed by atoms with Crippen LogP contribution >= 0.6 is 11.3 Å². The summed E-state index contributed by atoms with van der Waals surface area (Å²) in [4.78, 5) is 20.9. The maximum absolute atomic E-state index is 12.7. The molecule has 0 saturated carbocycles. The first-order valence-electron chi connectivity index (χ1n) is 8.29. The van der Waals surface area contributed by atoms with Crippen molar-refractivity contribution in [3.05, 3.63) is 52.5 Å². The molecule has 0 spiro atoms. The minimum atomic E-state index is 0.0244. The molecule has 6 heteroatoms. The van der Waals surface area contributed by atoms with Crippen LogP contribution in [0, 0.1) is 0 Å². The van der Waals surface area contributed by atoms with E-state index in [1.165, 1.54) is 11.1 Å². The lowest BCUT2D eigenvalue weighted by molar-refractivity contribution is 0.187. The summed E-state index contributed by atoms with van der Waals surface area (Å²) in [5.41, 5.74) is 2.41. The summed E-state index contributed by atoms with van der Waals surface area (Å²) in [7, 11) is 4.09. The molecule has 0 radical (unpaired) electrons. The molecule has 2 aromatic rings. The van der Waals surface area contributed by atoms with Crippen molar-refractivity contribution in [3.63, 3.8) is 0 Å². The van der Waals surface area contributed by atoms with Gasteiger partial charge in [0.2, 0.25) is 0 Å². The summed E-state index contributed by atoms with van der Waals surface area (Å²) in [5, 5.41) is 7.35. The highest BCUT2D eigenvalue weighted by atomic mass is 32.1. The zero-order valence-electron chi connectivity index (χ0n) is 14.2. The third-order valence-corrected chi connectivity index (χ3v) is 5.30. The van der Waals surface area contributed by atoms with E-state index in [4.69, 9.17) is 0 Å². The van der Waals surface area contributed by atoms with Crippen molar-refractivity contribution in [1.82, 2.24) is 20.1 Å². The summed E-state index contributed by atoms with van der Waals surface area (Å²) in [5.74, 6) is 0. The fourth-order valence-electron chi connectivity index (χ4n) is 3.29. The number of amides is 2. The number of thiophene rings is 1. The predicted octanol–water partition coefficient (Wildman–Crippen LogP) is 3.29. The lowest BCUT2D eigenvalue weighted by Gasteiger charge is -2.28. The first-order valence-corrected chi connectivity index (χ1v) is 9.24. The van der Waals surface area contributed by atoms with Crippen LogP contribution in [0.25, 0.3) is 0 Å². The van der Waals surface area contributed by atoms with Crippen molar-refractivity contribution in [3.8, 4) is 0 Å². The van der Waals surface area contributed by atoms with Gasteiger partial charge in [0.15, 0.2) is 0 Å². The van der Waals surface area contributed by atoms with Gasteiger partial charge in [-0.2, -0.15) is 11.3 Å². The van der Waals surface area contributed by atoms with Gasteiger partial charge in [0.1, 0.15) is 0 Å². The van der Waals surface area contributed by atoms with Crippen LogP contribution in [-0.2, 0) is 0 Å². The fraction of sp³-hybridized carbons (Fsp3) is 0.444. The highest BCUT2D eigenvalue weighted by Gasteiger charge is 2.30. The Hall–Kier alpha value is -1.92. The predicted molar refractivity (Wildman–Crippen MR) is 97.1 cm³/mol. The van der Waals surface area contributed by atoms with Crippen molar-refractivity contribution in [2.24, 2.45) is 0 Å². The van der Waals surface area contributed by atoms with Gasteiger partial charge < -0.3 is 15.1 Å². The first kappa shape index (κ1) is 16.9. The number of urea groups is 1. The summed E-state index contributed by atoms with van der Waals surface area (Å²) in [6.45, 7) is 1.42. The molecule has 1 aliphatic rings. The average Bonchev–Trinajstić information content (AvgIpc) is 3.27. The van der Waals surface area contributed by atoms with Crippen LogP contribution in [0.2, 0.25) is 0 Å². The SMILES string of the molecule is CN(C)[C@@H](CNC(=O)N1CCC[C@H]1c1ccncc1)c1ccsc1. The Labute approximate surface area is 147 Å². The molecule has 1 fully saturated rings. The van der Waals surface area contributed by atoms with Crippen LogP contribution in [0.5, 0.6) is 0 Å². The summed E-state index contributed by atoms with van der Waals surface area (Å²) in [6.07, 6.45) is 5.64. The number of nitrogens with zero attached hydrogens (tertiary/aromatic N) is 3. The highest BCUT2D eigenvalue weighted by Crippen LogP contribution is 2.31. The van der Waals surface area contributed by atoms with E-state index in [1.54, 1.807) is 23.7 Å². The quantitative estimate of drug-likeness (QED) is 0.905. The van der Waals surface area contributed by atoms with E-state index in [0.29, 0.717) is 6.54 Å². The van der Waals surface area contributed by atoms with Crippen LogP contribution in [0.3, 0.4) is 0 Å². The van der Waals surface area contributed by atoms with Gasteiger partial charge in [0, 0.05) is 25.5 Å². The van der Waals surface area contributed by atoms with Crippen molar-refractivity contribution in [2.45, 2.75) is 24.9 Å². The van der Waals surface area contributed by atoms with Gasteiger partial charge in [-0.3, -0.25) is 4.98 Å². The van der Waals surface area contributed by atoms with E-state index in [-0.39, 0.29) is 18.1 Å². The van der Waals surface area contributed by atoms with E-state index >= 15 is 0 Å². The Morgan fingerprint density at radius 2 is 2.21 bits per heavy atom. The van der Waals surface area contributed by atoms with Gasteiger partial charge in [-0.1, -0.05) is 0 Å². The normalized spacial score (nSPS) is 18.8. The van der Waals surface area contributed by atoms with Gasteiger partial charge in [0.25, 0.3) is 0 Å². The van der Waals surface area contributed by atoms with E-state index < -0.39 is 0 Å². The monoisotopic (exact) mass is 344 g/mol.